The standard InChI is InChI=1S/C41H49BFN5O4S.C2H4O2/c1-11-16-47(38(49)37(44-10)24(4)5)22-35-45-21-29(46-35)25-18-28(43)36-31-19-26-17-27(42-51-40(6,7)41(8,9)52-42)12-13-30(26)48(31)39(50-32(36)20-25)34-15-14-33(53-34)23(2)3;1-4-2-3/h12-15,17-21,24,37,39,44H,2,11,16,22H2,1,3-10H3,(H,45,46);2H,1H3. The summed E-state index contributed by atoms with van der Waals surface area (Å²) < 4.78 is 42.0. The number of rotatable bonds is 12. The Bertz CT molecular complexity index is 2260. The third-order valence-corrected chi connectivity index (χ3v) is 12.2. The molecule has 7 rings (SSSR count). The molecule has 1 fully saturated rings. The van der Waals surface area contributed by atoms with E-state index in [1.54, 1.807) is 17.5 Å². The number of allylic oxidation sites excluding steroid dienone is 1. The zero-order valence-electron chi connectivity index (χ0n) is 34.5. The van der Waals surface area contributed by atoms with Crippen LogP contribution in [0, 0.1) is 11.7 Å². The van der Waals surface area contributed by atoms with E-state index in [0.717, 1.165) is 43.8 Å². The smallest absolute Gasteiger partial charge is 0.471 e. The molecule has 57 heavy (non-hydrogen) atoms. The van der Waals surface area contributed by atoms with Gasteiger partial charge in [0, 0.05) is 22.4 Å². The van der Waals surface area contributed by atoms with Crippen molar-refractivity contribution < 1.29 is 32.8 Å². The topological polar surface area (TPSA) is 120 Å². The molecular weight excluding hydrogens is 744 g/mol. The number of benzene rings is 2. The Labute approximate surface area is 338 Å². The summed E-state index contributed by atoms with van der Waals surface area (Å²) in [6.07, 6.45) is 1.96. The number of methoxy groups -OCH3 is 1. The van der Waals surface area contributed by atoms with Crippen molar-refractivity contribution in [2.45, 2.75) is 91.8 Å². The van der Waals surface area contributed by atoms with Crippen LogP contribution in [0.4, 0.5) is 4.39 Å². The number of ether oxygens (including phenoxy) is 2. The molecule has 1 amide bonds. The third-order valence-electron chi connectivity index (χ3n) is 10.9. The van der Waals surface area contributed by atoms with Gasteiger partial charge in [-0.15, -0.1) is 11.3 Å². The van der Waals surface area contributed by atoms with Crippen molar-refractivity contribution in [2.75, 3.05) is 20.7 Å². The molecule has 0 saturated carbocycles. The summed E-state index contributed by atoms with van der Waals surface area (Å²) >= 11 is 1.61. The van der Waals surface area contributed by atoms with Gasteiger partial charge < -0.3 is 34.0 Å². The number of halogens is 1. The van der Waals surface area contributed by atoms with Gasteiger partial charge in [-0.1, -0.05) is 39.5 Å². The first-order chi connectivity index (χ1) is 27.0. The molecule has 2 unspecified atom stereocenters. The molecule has 3 aromatic heterocycles. The summed E-state index contributed by atoms with van der Waals surface area (Å²) in [7, 11) is 2.60. The van der Waals surface area contributed by atoms with Crippen LogP contribution in [0.15, 0.2) is 61.3 Å². The minimum Gasteiger partial charge on any atom is -0.471 e. The van der Waals surface area contributed by atoms with Crippen molar-refractivity contribution in [2.24, 2.45) is 5.92 Å². The number of aromatic amines is 1. The monoisotopic (exact) mass is 797 g/mol. The number of carbonyl (C=O) groups excluding carboxylic acids is 2. The molecule has 5 heterocycles. The number of carbonyl (C=O) groups is 2. The van der Waals surface area contributed by atoms with Gasteiger partial charge in [0.25, 0.3) is 6.47 Å². The zero-order valence-corrected chi connectivity index (χ0v) is 35.3. The number of hydrogen-bond donors (Lipinski definition) is 2. The van der Waals surface area contributed by atoms with Crippen LogP contribution in [0.1, 0.15) is 83.6 Å². The zero-order chi connectivity index (χ0) is 41.4. The molecule has 1 saturated heterocycles. The first-order valence-electron chi connectivity index (χ1n) is 19.3. The molecule has 0 bridgehead atoms. The van der Waals surface area contributed by atoms with Gasteiger partial charge in [-0.3, -0.25) is 14.2 Å². The number of likely N-dealkylation sites (N-methyl/N-ethyl adjacent to an activating group) is 1. The third kappa shape index (κ3) is 8.18. The summed E-state index contributed by atoms with van der Waals surface area (Å²) in [4.78, 5) is 34.2. The number of nitrogens with one attached hydrogen (secondary N) is 2. The van der Waals surface area contributed by atoms with Gasteiger partial charge in [-0.25, -0.2) is 9.37 Å². The normalized spacial score (nSPS) is 17.0. The number of aromatic nitrogens is 3. The van der Waals surface area contributed by atoms with Crippen molar-refractivity contribution in [3.63, 3.8) is 0 Å². The molecular formula is C43H53BFN5O6S. The van der Waals surface area contributed by atoms with Gasteiger partial charge >= 0.3 is 7.12 Å². The molecule has 5 aromatic rings. The molecule has 14 heteroatoms. The summed E-state index contributed by atoms with van der Waals surface area (Å²) in [6, 6.07) is 15.4. The van der Waals surface area contributed by atoms with Crippen molar-refractivity contribution in [1.29, 1.82) is 0 Å². The van der Waals surface area contributed by atoms with E-state index in [2.05, 4.69) is 49.4 Å². The summed E-state index contributed by atoms with van der Waals surface area (Å²) in [6.45, 7) is 21.7. The first kappa shape index (κ1) is 41.9. The molecule has 2 aromatic carbocycles. The van der Waals surface area contributed by atoms with Gasteiger partial charge in [0.1, 0.15) is 17.4 Å². The maximum absolute atomic E-state index is 16.6. The predicted molar refractivity (Wildman–Crippen MR) is 225 cm³/mol. The summed E-state index contributed by atoms with van der Waals surface area (Å²) in [5.74, 6) is 0.820. The fourth-order valence-corrected chi connectivity index (χ4v) is 8.18. The quantitative estimate of drug-likeness (QED) is 0.0965. The fourth-order valence-electron chi connectivity index (χ4n) is 7.22. The summed E-state index contributed by atoms with van der Waals surface area (Å²) in [5, 5.41) is 4.08. The van der Waals surface area contributed by atoms with Gasteiger partial charge in [-0.05, 0) is 101 Å². The average molecular weight is 798 g/mol. The number of fused-ring (bicyclic) bond motifs is 5. The Hall–Kier alpha value is -4.76. The lowest BCUT2D eigenvalue weighted by molar-refractivity contribution is -0.135. The van der Waals surface area contributed by atoms with Crippen LogP contribution in [-0.2, 0) is 30.2 Å². The minimum atomic E-state index is -0.544. The predicted octanol–water partition coefficient (Wildman–Crippen LogP) is 7.94. The molecule has 0 radical (unpaired) electrons. The van der Waals surface area contributed by atoms with Crippen molar-refractivity contribution in [3.05, 3.63) is 82.7 Å². The molecule has 11 nitrogen and oxygen atoms in total. The van der Waals surface area contributed by atoms with E-state index in [-0.39, 0.29) is 17.9 Å². The second-order valence-electron chi connectivity index (χ2n) is 15.9. The lowest BCUT2D eigenvalue weighted by Crippen LogP contribution is -2.48. The van der Waals surface area contributed by atoms with Gasteiger partial charge in [0.05, 0.1) is 64.4 Å². The maximum Gasteiger partial charge on any atom is 0.494 e. The lowest BCUT2D eigenvalue weighted by Gasteiger charge is -2.32. The fraction of sp³-hybridized carbons (Fsp3) is 0.419. The molecule has 2 N–H and O–H groups in total. The van der Waals surface area contributed by atoms with E-state index in [1.165, 1.54) is 13.2 Å². The van der Waals surface area contributed by atoms with Crippen molar-refractivity contribution in [3.8, 4) is 28.3 Å². The molecule has 2 aliphatic rings. The summed E-state index contributed by atoms with van der Waals surface area (Å²) in [5.41, 5.74) is 4.17. The molecule has 302 valence electrons. The van der Waals surface area contributed by atoms with Crippen LogP contribution < -0.4 is 15.5 Å². The van der Waals surface area contributed by atoms with E-state index in [1.807, 2.05) is 91.6 Å². The van der Waals surface area contributed by atoms with Crippen LogP contribution in [0.5, 0.6) is 5.75 Å². The second-order valence-corrected chi connectivity index (χ2v) is 17.1. The molecule has 0 spiro atoms. The van der Waals surface area contributed by atoms with Crippen LogP contribution in [-0.4, -0.2) is 76.9 Å². The Morgan fingerprint density at radius 2 is 1.86 bits per heavy atom. The number of H-pyrrole nitrogens is 1. The minimum absolute atomic E-state index is 0.0310. The van der Waals surface area contributed by atoms with Crippen LogP contribution in [0.25, 0.3) is 39.0 Å². The molecule has 2 aliphatic heterocycles. The Balaban J connectivity index is 0.00000131. The second kappa shape index (κ2) is 16.6. The van der Waals surface area contributed by atoms with E-state index in [4.69, 9.17) is 18.8 Å². The Morgan fingerprint density at radius 3 is 2.46 bits per heavy atom. The highest BCUT2D eigenvalue weighted by atomic mass is 32.1. The lowest BCUT2D eigenvalue weighted by atomic mass is 9.78. The van der Waals surface area contributed by atoms with Gasteiger partial charge in [0.15, 0.2) is 0 Å². The molecule has 0 aliphatic carbocycles. The highest BCUT2D eigenvalue weighted by Crippen LogP contribution is 2.48. The number of nitrogens with zero attached hydrogens (tertiary/aromatic N) is 3. The number of thiophene rings is 1. The van der Waals surface area contributed by atoms with E-state index >= 15 is 4.39 Å². The van der Waals surface area contributed by atoms with Crippen LogP contribution >= 0.6 is 11.3 Å². The maximum atomic E-state index is 16.6. The highest BCUT2D eigenvalue weighted by Gasteiger charge is 2.51. The number of amides is 1. The Kier molecular flexibility index (Phi) is 12.2. The SMILES string of the molecule is C=C(C)c1ccc(C2Oc3cc(-c4cnc(CN(CCC)C(=O)C(NC)C(C)C)[nH]4)cc(F)c3-c3cc4cc(B5OC(C)(C)C(C)(C)O5)ccc4n32)s1.COC=O. The van der Waals surface area contributed by atoms with Crippen molar-refractivity contribution in [1.82, 2.24) is 24.8 Å². The van der Waals surface area contributed by atoms with Gasteiger partial charge in [0.2, 0.25) is 12.1 Å². The highest BCUT2D eigenvalue weighted by molar-refractivity contribution is 7.13. The first-order valence-corrected chi connectivity index (χ1v) is 20.1. The van der Waals surface area contributed by atoms with Crippen molar-refractivity contribution >= 4 is 52.8 Å². The van der Waals surface area contributed by atoms with Crippen LogP contribution in [0.2, 0.25) is 0 Å². The van der Waals surface area contributed by atoms with E-state index in [0.29, 0.717) is 48.0 Å². The number of hydrogen-bond acceptors (Lipinski definition) is 9. The largest absolute Gasteiger partial charge is 0.494 e. The van der Waals surface area contributed by atoms with Crippen LogP contribution in [0.3, 0.4) is 0 Å². The number of imidazole rings is 1. The molecule has 2 atom stereocenters. The van der Waals surface area contributed by atoms with E-state index < -0.39 is 30.4 Å². The van der Waals surface area contributed by atoms with Gasteiger partial charge in [-0.2, -0.15) is 0 Å². The average Bonchev–Trinajstić information content (AvgIpc) is 3.96. The Morgan fingerprint density at radius 1 is 1.16 bits per heavy atom. The van der Waals surface area contributed by atoms with E-state index in [9.17, 15) is 4.79 Å².